The summed E-state index contributed by atoms with van der Waals surface area (Å²) in [5, 5.41) is 11.6. The molecule has 0 spiro atoms. The SMILES string of the molecule is CCCCOc1ccc(/C=N\n2c(-c3ccc(C)cc3)n[nH]c2=S)cc1. The van der Waals surface area contributed by atoms with Crippen LogP contribution in [0.4, 0.5) is 0 Å². The Hall–Kier alpha value is -2.73. The second-order valence-corrected chi connectivity index (χ2v) is 6.43. The van der Waals surface area contributed by atoms with Crippen molar-refractivity contribution in [2.75, 3.05) is 6.61 Å². The summed E-state index contributed by atoms with van der Waals surface area (Å²) in [5.74, 6) is 1.56. The number of ether oxygens (including phenoxy) is 1. The second kappa shape index (κ2) is 8.58. The molecule has 6 heteroatoms. The Morgan fingerprint density at radius 3 is 2.58 bits per heavy atom. The lowest BCUT2D eigenvalue weighted by molar-refractivity contribution is 0.309. The molecule has 3 aromatic rings. The lowest BCUT2D eigenvalue weighted by Crippen LogP contribution is -1.97. The summed E-state index contributed by atoms with van der Waals surface area (Å²) >= 11 is 5.31. The van der Waals surface area contributed by atoms with Gasteiger partial charge >= 0.3 is 0 Å². The van der Waals surface area contributed by atoms with E-state index in [-0.39, 0.29) is 0 Å². The van der Waals surface area contributed by atoms with E-state index >= 15 is 0 Å². The van der Waals surface area contributed by atoms with Gasteiger partial charge in [-0.3, -0.25) is 0 Å². The van der Waals surface area contributed by atoms with Crippen molar-refractivity contribution in [3.8, 4) is 17.1 Å². The van der Waals surface area contributed by atoms with Gasteiger partial charge in [-0.25, -0.2) is 5.10 Å². The molecule has 0 aliphatic heterocycles. The fraction of sp³-hybridized carbons (Fsp3) is 0.250. The molecule has 0 aliphatic rings. The minimum atomic E-state index is 0.455. The van der Waals surface area contributed by atoms with E-state index in [0.717, 1.165) is 36.3 Å². The van der Waals surface area contributed by atoms with E-state index in [2.05, 4.69) is 29.1 Å². The maximum Gasteiger partial charge on any atom is 0.216 e. The van der Waals surface area contributed by atoms with Crippen LogP contribution in [-0.4, -0.2) is 27.7 Å². The van der Waals surface area contributed by atoms with Crippen LogP contribution in [0.1, 0.15) is 30.9 Å². The predicted molar refractivity (Wildman–Crippen MR) is 107 cm³/mol. The van der Waals surface area contributed by atoms with Crippen molar-refractivity contribution in [2.24, 2.45) is 5.10 Å². The van der Waals surface area contributed by atoms with Gasteiger partial charge in [0.15, 0.2) is 5.82 Å². The van der Waals surface area contributed by atoms with Crippen LogP contribution >= 0.6 is 12.2 Å². The number of hydrogen-bond acceptors (Lipinski definition) is 4. The van der Waals surface area contributed by atoms with Crippen LogP contribution in [0.3, 0.4) is 0 Å². The molecule has 5 nitrogen and oxygen atoms in total. The van der Waals surface area contributed by atoms with E-state index in [1.54, 1.807) is 10.9 Å². The zero-order valence-corrected chi connectivity index (χ0v) is 15.8. The van der Waals surface area contributed by atoms with Gasteiger partial charge in [-0.1, -0.05) is 43.2 Å². The Kier molecular flexibility index (Phi) is 5.96. The molecular formula is C20H22N4OS. The number of hydrogen-bond donors (Lipinski definition) is 1. The number of nitrogens with one attached hydrogen (secondary N) is 1. The lowest BCUT2D eigenvalue weighted by atomic mass is 10.1. The van der Waals surface area contributed by atoms with E-state index in [4.69, 9.17) is 17.0 Å². The third-order valence-electron chi connectivity index (χ3n) is 3.93. The highest BCUT2D eigenvalue weighted by atomic mass is 32.1. The molecule has 0 bridgehead atoms. The van der Waals surface area contributed by atoms with Crippen molar-refractivity contribution < 1.29 is 4.74 Å². The third-order valence-corrected chi connectivity index (χ3v) is 4.19. The largest absolute Gasteiger partial charge is 0.494 e. The lowest BCUT2D eigenvalue weighted by Gasteiger charge is -2.05. The number of aromatic amines is 1. The topological polar surface area (TPSA) is 55.2 Å². The molecule has 1 N–H and O–H groups in total. The second-order valence-electron chi connectivity index (χ2n) is 6.05. The minimum absolute atomic E-state index is 0.455. The van der Waals surface area contributed by atoms with Crippen molar-refractivity contribution in [1.82, 2.24) is 14.9 Å². The fourth-order valence-corrected chi connectivity index (χ4v) is 2.58. The normalized spacial score (nSPS) is 11.2. The summed E-state index contributed by atoms with van der Waals surface area (Å²) in [4.78, 5) is 0. The van der Waals surface area contributed by atoms with E-state index < -0.39 is 0 Å². The molecule has 0 aliphatic carbocycles. The van der Waals surface area contributed by atoms with Crippen molar-refractivity contribution >= 4 is 18.4 Å². The van der Waals surface area contributed by atoms with Crippen LogP contribution < -0.4 is 4.74 Å². The van der Waals surface area contributed by atoms with Gasteiger partial charge in [0, 0.05) is 5.56 Å². The minimum Gasteiger partial charge on any atom is -0.494 e. The van der Waals surface area contributed by atoms with Gasteiger partial charge in [0.2, 0.25) is 4.77 Å². The van der Waals surface area contributed by atoms with Gasteiger partial charge in [0.1, 0.15) is 5.75 Å². The van der Waals surface area contributed by atoms with Crippen LogP contribution in [0.15, 0.2) is 53.6 Å². The van der Waals surface area contributed by atoms with Crippen molar-refractivity contribution in [3.63, 3.8) is 0 Å². The maximum absolute atomic E-state index is 5.68. The summed E-state index contributed by atoms with van der Waals surface area (Å²) in [6.07, 6.45) is 3.95. The monoisotopic (exact) mass is 366 g/mol. The van der Waals surface area contributed by atoms with Crippen LogP contribution in [0.5, 0.6) is 5.75 Å². The van der Waals surface area contributed by atoms with E-state index in [1.165, 1.54) is 5.56 Å². The zero-order chi connectivity index (χ0) is 18.4. The molecule has 1 heterocycles. The number of aryl methyl sites for hydroxylation is 1. The quantitative estimate of drug-likeness (QED) is 0.365. The average Bonchev–Trinajstić information content (AvgIpc) is 3.02. The van der Waals surface area contributed by atoms with Gasteiger partial charge in [0.05, 0.1) is 12.8 Å². The van der Waals surface area contributed by atoms with Gasteiger partial charge in [-0.05, 0) is 55.4 Å². The Bertz CT molecular complexity index is 924. The molecular weight excluding hydrogens is 344 g/mol. The van der Waals surface area contributed by atoms with Crippen molar-refractivity contribution in [1.29, 1.82) is 0 Å². The molecule has 0 atom stereocenters. The van der Waals surface area contributed by atoms with Crippen molar-refractivity contribution in [3.05, 3.63) is 64.4 Å². The number of nitrogens with zero attached hydrogens (tertiary/aromatic N) is 3. The smallest absolute Gasteiger partial charge is 0.216 e. The van der Waals surface area contributed by atoms with Crippen LogP contribution in [0.25, 0.3) is 11.4 Å². The Balaban J connectivity index is 1.77. The molecule has 0 fully saturated rings. The summed E-state index contributed by atoms with van der Waals surface area (Å²) in [6, 6.07) is 15.9. The third kappa shape index (κ3) is 4.46. The molecule has 0 amide bonds. The molecule has 0 saturated heterocycles. The first-order valence-corrected chi connectivity index (χ1v) is 9.10. The molecule has 0 saturated carbocycles. The van der Waals surface area contributed by atoms with Crippen LogP contribution in [0.2, 0.25) is 0 Å². The Morgan fingerprint density at radius 2 is 1.88 bits per heavy atom. The molecule has 0 radical (unpaired) electrons. The van der Waals surface area contributed by atoms with Crippen LogP contribution in [0, 0.1) is 11.7 Å². The Morgan fingerprint density at radius 1 is 1.15 bits per heavy atom. The van der Waals surface area contributed by atoms with Gasteiger partial charge in [-0.2, -0.15) is 14.9 Å². The standard InChI is InChI=1S/C20H22N4OS/c1-3-4-13-25-18-11-7-16(8-12-18)14-21-24-19(22-23-20(24)26)17-9-5-15(2)6-10-17/h5-12,14H,3-4,13H2,1-2H3,(H,23,26)/b21-14-. The number of H-pyrrole nitrogens is 1. The highest BCUT2D eigenvalue weighted by Crippen LogP contribution is 2.18. The summed E-state index contributed by atoms with van der Waals surface area (Å²) in [5.41, 5.74) is 3.12. The molecule has 1 aromatic heterocycles. The van der Waals surface area contributed by atoms with Gasteiger partial charge < -0.3 is 4.74 Å². The zero-order valence-electron chi connectivity index (χ0n) is 15.0. The highest BCUT2D eigenvalue weighted by Gasteiger charge is 2.07. The first kappa shape index (κ1) is 18.1. The fourth-order valence-electron chi connectivity index (χ4n) is 2.40. The van der Waals surface area contributed by atoms with Gasteiger partial charge in [0.25, 0.3) is 0 Å². The van der Waals surface area contributed by atoms with Gasteiger partial charge in [-0.15, -0.1) is 0 Å². The Labute approximate surface area is 158 Å². The van der Waals surface area contributed by atoms with E-state index in [1.807, 2.05) is 48.5 Å². The summed E-state index contributed by atoms with van der Waals surface area (Å²) < 4.78 is 7.76. The average molecular weight is 366 g/mol. The molecule has 134 valence electrons. The molecule has 26 heavy (non-hydrogen) atoms. The molecule has 2 aromatic carbocycles. The number of unbranched alkanes of at least 4 members (excludes halogenated alkanes) is 1. The highest BCUT2D eigenvalue weighted by molar-refractivity contribution is 7.71. The van der Waals surface area contributed by atoms with Crippen LogP contribution in [-0.2, 0) is 0 Å². The molecule has 3 rings (SSSR count). The summed E-state index contributed by atoms with van der Waals surface area (Å²) in [7, 11) is 0. The summed E-state index contributed by atoms with van der Waals surface area (Å²) in [6.45, 7) is 4.94. The van der Waals surface area contributed by atoms with E-state index in [0.29, 0.717) is 10.6 Å². The van der Waals surface area contributed by atoms with Crippen molar-refractivity contribution in [2.45, 2.75) is 26.7 Å². The predicted octanol–water partition coefficient (Wildman–Crippen LogP) is 4.98. The first-order valence-electron chi connectivity index (χ1n) is 8.69. The van der Waals surface area contributed by atoms with E-state index in [9.17, 15) is 0 Å². The number of rotatable bonds is 7. The first-order chi connectivity index (χ1) is 12.7. The maximum atomic E-state index is 5.68. The number of benzene rings is 2. The molecule has 0 unspecified atom stereocenters. The number of aromatic nitrogens is 3.